The average Bonchev–Trinajstić information content (AvgIpc) is 2.36. The normalized spacial score (nSPS) is 10.9. The van der Waals surface area contributed by atoms with Crippen LogP contribution < -0.4 is 5.73 Å². The molecular formula is C15H19N3. The Hall–Kier alpha value is -1.90. The van der Waals surface area contributed by atoms with Gasteiger partial charge in [-0.15, -0.1) is 10.2 Å². The van der Waals surface area contributed by atoms with Crippen molar-refractivity contribution in [3.63, 3.8) is 0 Å². The third-order valence-corrected chi connectivity index (χ3v) is 3.41. The van der Waals surface area contributed by atoms with Crippen LogP contribution in [0.3, 0.4) is 0 Å². The van der Waals surface area contributed by atoms with E-state index in [2.05, 4.69) is 48.3 Å². The molecule has 0 fully saturated rings. The molecule has 0 aliphatic rings. The second kappa shape index (κ2) is 4.77. The van der Waals surface area contributed by atoms with Crippen LogP contribution in [0.1, 0.15) is 36.5 Å². The van der Waals surface area contributed by atoms with Gasteiger partial charge in [-0.1, -0.05) is 38.1 Å². The van der Waals surface area contributed by atoms with Gasteiger partial charge in [0.2, 0.25) is 0 Å². The van der Waals surface area contributed by atoms with E-state index in [-0.39, 0.29) is 0 Å². The van der Waals surface area contributed by atoms with Crippen LogP contribution in [0, 0.1) is 13.8 Å². The summed E-state index contributed by atoms with van der Waals surface area (Å²) in [5, 5.41) is 8.21. The van der Waals surface area contributed by atoms with Crippen LogP contribution >= 0.6 is 0 Å². The van der Waals surface area contributed by atoms with E-state index >= 15 is 0 Å². The minimum Gasteiger partial charge on any atom is -0.382 e. The van der Waals surface area contributed by atoms with Crippen molar-refractivity contribution in [2.24, 2.45) is 0 Å². The minimum absolute atomic E-state index is 0.509. The van der Waals surface area contributed by atoms with E-state index in [1.807, 2.05) is 13.8 Å². The number of rotatable bonds is 2. The molecule has 1 aromatic heterocycles. The first-order chi connectivity index (χ1) is 8.50. The summed E-state index contributed by atoms with van der Waals surface area (Å²) in [7, 11) is 0. The lowest BCUT2D eigenvalue weighted by atomic mass is 9.98. The fraction of sp³-hybridized carbons (Fsp3) is 0.333. The standard InChI is InChI=1S/C15H19N3/c1-9(2)12-5-7-13(8-6-12)14-10(3)11(4)15(16)18-17-14/h5-9H,1-4H3,(H2,16,18). The molecule has 3 nitrogen and oxygen atoms in total. The molecule has 0 radical (unpaired) electrons. The van der Waals surface area contributed by atoms with E-state index in [1.54, 1.807) is 0 Å². The summed E-state index contributed by atoms with van der Waals surface area (Å²) in [6.07, 6.45) is 0. The van der Waals surface area contributed by atoms with Crippen molar-refractivity contribution in [2.45, 2.75) is 33.6 Å². The van der Waals surface area contributed by atoms with Crippen molar-refractivity contribution >= 4 is 5.82 Å². The summed E-state index contributed by atoms with van der Waals surface area (Å²) in [4.78, 5) is 0. The average molecular weight is 241 g/mol. The number of hydrogen-bond acceptors (Lipinski definition) is 3. The van der Waals surface area contributed by atoms with Gasteiger partial charge in [0.15, 0.2) is 0 Å². The van der Waals surface area contributed by atoms with Gasteiger partial charge in [0.05, 0.1) is 5.69 Å². The van der Waals surface area contributed by atoms with Crippen molar-refractivity contribution in [1.82, 2.24) is 10.2 Å². The zero-order valence-corrected chi connectivity index (χ0v) is 11.4. The minimum atomic E-state index is 0.509. The van der Waals surface area contributed by atoms with E-state index in [4.69, 9.17) is 5.73 Å². The number of benzene rings is 1. The zero-order chi connectivity index (χ0) is 13.3. The molecule has 2 rings (SSSR count). The third-order valence-electron chi connectivity index (χ3n) is 3.41. The first-order valence-electron chi connectivity index (χ1n) is 6.20. The number of anilines is 1. The van der Waals surface area contributed by atoms with Crippen molar-refractivity contribution in [3.8, 4) is 11.3 Å². The summed E-state index contributed by atoms with van der Waals surface area (Å²) in [5.74, 6) is 1.05. The van der Waals surface area contributed by atoms with Crippen LogP contribution in [0.2, 0.25) is 0 Å². The Bertz CT molecular complexity index is 557. The van der Waals surface area contributed by atoms with Gasteiger partial charge >= 0.3 is 0 Å². The fourth-order valence-electron chi connectivity index (χ4n) is 1.92. The largest absolute Gasteiger partial charge is 0.382 e. The molecule has 0 aliphatic carbocycles. The summed E-state index contributed by atoms with van der Waals surface area (Å²) in [5.41, 5.74) is 11.2. The summed E-state index contributed by atoms with van der Waals surface area (Å²) >= 11 is 0. The van der Waals surface area contributed by atoms with Crippen molar-refractivity contribution < 1.29 is 0 Å². The molecule has 0 saturated carbocycles. The summed E-state index contributed by atoms with van der Waals surface area (Å²) < 4.78 is 0. The van der Waals surface area contributed by atoms with Gasteiger partial charge in [-0.05, 0) is 36.5 Å². The SMILES string of the molecule is Cc1c(N)nnc(-c2ccc(C(C)C)cc2)c1C. The highest BCUT2D eigenvalue weighted by atomic mass is 15.1. The summed E-state index contributed by atoms with van der Waals surface area (Å²) in [6.45, 7) is 8.39. The maximum Gasteiger partial charge on any atom is 0.149 e. The smallest absolute Gasteiger partial charge is 0.149 e. The molecule has 0 spiro atoms. The Kier molecular flexibility index (Phi) is 3.32. The molecule has 0 bridgehead atoms. The second-order valence-electron chi connectivity index (χ2n) is 4.96. The van der Waals surface area contributed by atoms with E-state index in [0.29, 0.717) is 11.7 Å². The maximum absolute atomic E-state index is 5.76. The number of aromatic nitrogens is 2. The predicted octanol–water partition coefficient (Wildman–Crippen LogP) is 3.47. The first-order valence-corrected chi connectivity index (χ1v) is 6.20. The molecule has 1 heterocycles. The van der Waals surface area contributed by atoms with E-state index in [9.17, 15) is 0 Å². The van der Waals surface area contributed by atoms with Gasteiger partial charge < -0.3 is 5.73 Å². The second-order valence-corrected chi connectivity index (χ2v) is 4.96. The third kappa shape index (κ3) is 2.21. The lowest BCUT2D eigenvalue weighted by molar-refractivity contribution is 0.867. The first kappa shape index (κ1) is 12.6. The molecule has 2 N–H and O–H groups in total. The van der Waals surface area contributed by atoms with E-state index in [1.165, 1.54) is 5.56 Å². The highest BCUT2D eigenvalue weighted by molar-refractivity contribution is 5.66. The highest BCUT2D eigenvalue weighted by Crippen LogP contribution is 2.26. The molecule has 0 amide bonds. The van der Waals surface area contributed by atoms with Crippen LogP contribution in [-0.2, 0) is 0 Å². The monoisotopic (exact) mass is 241 g/mol. The highest BCUT2D eigenvalue weighted by Gasteiger charge is 2.09. The van der Waals surface area contributed by atoms with Crippen LogP contribution in [0.25, 0.3) is 11.3 Å². The number of nitrogens with zero attached hydrogens (tertiary/aromatic N) is 2. The van der Waals surface area contributed by atoms with Crippen LogP contribution in [0.4, 0.5) is 5.82 Å². The van der Waals surface area contributed by atoms with Crippen LogP contribution in [0.15, 0.2) is 24.3 Å². The topological polar surface area (TPSA) is 51.8 Å². The van der Waals surface area contributed by atoms with Gasteiger partial charge in [0, 0.05) is 5.56 Å². The Morgan fingerprint density at radius 1 is 0.944 bits per heavy atom. The number of nitrogens with two attached hydrogens (primary N) is 1. The molecule has 0 atom stereocenters. The van der Waals surface area contributed by atoms with Crippen LogP contribution in [-0.4, -0.2) is 10.2 Å². The Labute approximate surface area is 108 Å². The number of hydrogen-bond donors (Lipinski definition) is 1. The molecule has 0 saturated heterocycles. The molecule has 3 heteroatoms. The lowest BCUT2D eigenvalue weighted by Gasteiger charge is -2.10. The molecule has 18 heavy (non-hydrogen) atoms. The molecule has 0 unspecified atom stereocenters. The van der Waals surface area contributed by atoms with E-state index < -0.39 is 0 Å². The molecule has 1 aromatic carbocycles. The van der Waals surface area contributed by atoms with Gasteiger partial charge in [-0.3, -0.25) is 0 Å². The zero-order valence-electron chi connectivity index (χ0n) is 11.4. The quantitative estimate of drug-likeness (QED) is 0.876. The molecule has 2 aromatic rings. The Morgan fingerprint density at radius 3 is 2.11 bits per heavy atom. The fourth-order valence-corrected chi connectivity index (χ4v) is 1.92. The maximum atomic E-state index is 5.76. The van der Waals surface area contributed by atoms with Gasteiger partial charge in [-0.2, -0.15) is 0 Å². The number of nitrogen functional groups attached to an aromatic ring is 1. The van der Waals surface area contributed by atoms with Crippen LogP contribution in [0.5, 0.6) is 0 Å². The summed E-state index contributed by atoms with van der Waals surface area (Å²) in [6, 6.07) is 8.49. The van der Waals surface area contributed by atoms with Crippen molar-refractivity contribution in [3.05, 3.63) is 41.0 Å². The Morgan fingerprint density at radius 2 is 1.56 bits per heavy atom. The van der Waals surface area contributed by atoms with Gasteiger partial charge in [0.1, 0.15) is 5.82 Å². The van der Waals surface area contributed by atoms with Crippen molar-refractivity contribution in [2.75, 3.05) is 5.73 Å². The van der Waals surface area contributed by atoms with E-state index in [0.717, 1.165) is 22.4 Å². The molecule has 0 aliphatic heterocycles. The van der Waals surface area contributed by atoms with Crippen molar-refractivity contribution in [1.29, 1.82) is 0 Å². The predicted molar refractivity (Wildman–Crippen MR) is 75.4 cm³/mol. The Balaban J connectivity index is 2.46. The lowest BCUT2D eigenvalue weighted by Crippen LogP contribution is -2.02. The van der Waals surface area contributed by atoms with Gasteiger partial charge in [-0.25, -0.2) is 0 Å². The molecular weight excluding hydrogens is 222 g/mol. The molecule has 94 valence electrons. The van der Waals surface area contributed by atoms with Gasteiger partial charge in [0.25, 0.3) is 0 Å².